The van der Waals surface area contributed by atoms with Gasteiger partial charge in [0.1, 0.15) is 11.3 Å². The number of aromatic hydroxyl groups is 1. The molecule has 1 aromatic rings. The molecular formula is C25H37N3O6. The molecule has 1 unspecified atom stereocenters. The summed E-state index contributed by atoms with van der Waals surface area (Å²) in [6, 6.07) is 3.06. The summed E-state index contributed by atoms with van der Waals surface area (Å²) >= 11 is 0. The standard InChI is InChI=1S/C25H37N3O6/c1-9-25(8)21(32)28(22(33)26-25)27-18(29)14-34-19(30)11-10-15-12-16(23(2,3)4)20(31)17(13-15)24(5,6)7/h12-13,31H,9-11,14H2,1-8H3,(H,26,33)(H,27,29). The van der Waals surface area contributed by atoms with E-state index in [0.29, 0.717) is 17.9 Å². The highest BCUT2D eigenvalue weighted by Crippen LogP contribution is 2.40. The van der Waals surface area contributed by atoms with Gasteiger partial charge in [0, 0.05) is 6.42 Å². The minimum absolute atomic E-state index is 0.0300. The third-order valence-electron chi connectivity index (χ3n) is 5.97. The van der Waals surface area contributed by atoms with Crippen LogP contribution >= 0.6 is 0 Å². The normalized spacial score (nSPS) is 18.6. The first kappa shape index (κ1) is 27.1. The average Bonchev–Trinajstić information content (AvgIpc) is 2.93. The minimum Gasteiger partial charge on any atom is -0.507 e. The van der Waals surface area contributed by atoms with Gasteiger partial charge in [0.05, 0.1) is 0 Å². The highest BCUT2D eigenvalue weighted by Gasteiger charge is 2.47. The van der Waals surface area contributed by atoms with E-state index in [4.69, 9.17) is 4.74 Å². The molecule has 3 N–H and O–H groups in total. The van der Waals surface area contributed by atoms with Crippen LogP contribution in [0.1, 0.15) is 84.9 Å². The summed E-state index contributed by atoms with van der Waals surface area (Å²) < 4.78 is 5.03. The molecule has 1 fully saturated rings. The van der Waals surface area contributed by atoms with E-state index in [1.165, 1.54) is 0 Å². The Morgan fingerprint density at radius 1 is 1.09 bits per heavy atom. The molecule has 4 amide bonds. The van der Waals surface area contributed by atoms with Crippen LogP contribution in [0.3, 0.4) is 0 Å². The predicted molar refractivity (Wildman–Crippen MR) is 127 cm³/mol. The van der Waals surface area contributed by atoms with Gasteiger partial charge in [-0.05, 0) is 47.3 Å². The van der Waals surface area contributed by atoms with Crippen LogP contribution in [-0.4, -0.2) is 46.1 Å². The Morgan fingerprint density at radius 3 is 2.06 bits per heavy atom. The number of hydrogen-bond acceptors (Lipinski definition) is 6. The summed E-state index contributed by atoms with van der Waals surface area (Å²) in [5.41, 5.74) is 3.01. The van der Waals surface area contributed by atoms with E-state index in [0.717, 1.165) is 16.7 Å². The molecule has 1 aliphatic heterocycles. The van der Waals surface area contributed by atoms with E-state index in [1.807, 2.05) is 53.7 Å². The molecule has 1 atom stereocenters. The van der Waals surface area contributed by atoms with Crippen LogP contribution in [0.5, 0.6) is 5.75 Å². The summed E-state index contributed by atoms with van der Waals surface area (Å²) in [5, 5.41) is 13.9. The first-order chi connectivity index (χ1) is 15.5. The second-order valence-electron chi connectivity index (χ2n) is 11.0. The summed E-state index contributed by atoms with van der Waals surface area (Å²) in [4.78, 5) is 48.7. The Labute approximate surface area is 201 Å². The number of benzene rings is 1. The lowest BCUT2D eigenvalue weighted by molar-refractivity contribution is -0.150. The fourth-order valence-corrected chi connectivity index (χ4v) is 3.63. The SMILES string of the molecule is CCC1(C)NC(=O)N(NC(=O)COC(=O)CCc2cc(C(C)(C)C)c(O)c(C(C)(C)C)c2)C1=O. The fraction of sp³-hybridized carbons (Fsp3) is 0.600. The molecule has 0 bridgehead atoms. The van der Waals surface area contributed by atoms with Crippen LogP contribution in [0.15, 0.2) is 12.1 Å². The molecule has 9 nitrogen and oxygen atoms in total. The summed E-state index contributed by atoms with van der Waals surface area (Å²) in [5.74, 6) is -1.68. The molecule has 0 saturated carbocycles. The lowest BCUT2D eigenvalue weighted by atomic mass is 9.78. The number of hydrogen-bond donors (Lipinski definition) is 3. The molecule has 1 aromatic carbocycles. The number of ether oxygens (including phenoxy) is 1. The van der Waals surface area contributed by atoms with Gasteiger partial charge >= 0.3 is 12.0 Å². The van der Waals surface area contributed by atoms with Crippen molar-refractivity contribution in [2.24, 2.45) is 0 Å². The topological polar surface area (TPSA) is 125 Å². The maximum absolute atomic E-state index is 12.3. The van der Waals surface area contributed by atoms with Gasteiger partial charge < -0.3 is 15.2 Å². The monoisotopic (exact) mass is 475 g/mol. The van der Waals surface area contributed by atoms with Gasteiger partial charge in [-0.3, -0.25) is 19.8 Å². The van der Waals surface area contributed by atoms with Crippen molar-refractivity contribution in [2.45, 2.75) is 91.0 Å². The molecule has 188 valence electrons. The second kappa shape index (κ2) is 9.64. The Hall–Kier alpha value is -3.10. The van der Waals surface area contributed by atoms with Gasteiger partial charge in [0.2, 0.25) is 0 Å². The zero-order chi connectivity index (χ0) is 26.1. The number of phenolic OH excluding ortho intramolecular Hbond substituents is 1. The quantitative estimate of drug-likeness (QED) is 0.411. The molecule has 0 aromatic heterocycles. The number of phenols is 1. The highest BCUT2D eigenvalue weighted by atomic mass is 16.5. The molecule has 0 spiro atoms. The van der Waals surface area contributed by atoms with Crippen molar-refractivity contribution in [1.29, 1.82) is 0 Å². The first-order valence-corrected chi connectivity index (χ1v) is 11.5. The van der Waals surface area contributed by atoms with Gasteiger partial charge in [-0.15, -0.1) is 0 Å². The molecule has 2 rings (SSSR count). The average molecular weight is 476 g/mol. The van der Waals surface area contributed by atoms with E-state index >= 15 is 0 Å². The number of nitrogens with zero attached hydrogens (tertiary/aromatic N) is 1. The summed E-state index contributed by atoms with van der Waals surface area (Å²) in [7, 11) is 0. The lowest BCUT2D eigenvalue weighted by Gasteiger charge is -2.28. The molecule has 9 heteroatoms. The molecule has 1 saturated heterocycles. The van der Waals surface area contributed by atoms with Crippen LogP contribution in [0, 0.1) is 0 Å². The number of rotatable bonds is 7. The Balaban J connectivity index is 1.99. The number of imide groups is 1. The van der Waals surface area contributed by atoms with Crippen molar-refractivity contribution >= 4 is 23.8 Å². The van der Waals surface area contributed by atoms with E-state index in [9.17, 15) is 24.3 Å². The lowest BCUT2D eigenvalue weighted by Crippen LogP contribution is -2.49. The predicted octanol–water partition coefficient (Wildman–Crippen LogP) is 3.21. The van der Waals surface area contributed by atoms with E-state index in [2.05, 4.69) is 10.7 Å². The zero-order valence-electron chi connectivity index (χ0n) is 21.4. The van der Waals surface area contributed by atoms with Gasteiger partial charge in [0.25, 0.3) is 11.8 Å². The molecule has 0 radical (unpaired) electrons. The Kier molecular flexibility index (Phi) is 7.70. The van der Waals surface area contributed by atoms with Crippen LogP contribution < -0.4 is 10.7 Å². The van der Waals surface area contributed by atoms with Crippen molar-refractivity contribution in [1.82, 2.24) is 15.8 Å². The summed E-state index contributed by atoms with van der Waals surface area (Å²) in [6.07, 6.45) is 0.765. The third kappa shape index (κ3) is 6.07. The van der Waals surface area contributed by atoms with Crippen LogP contribution in [-0.2, 0) is 36.4 Å². The van der Waals surface area contributed by atoms with E-state index in [-0.39, 0.29) is 23.0 Å². The second-order valence-corrected chi connectivity index (χ2v) is 11.0. The van der Waals surface area contributed by atoms with Crippen LogP contribution in [0.25, 0.3) is 0 Å². The maximum atomic E-state index is 12.3. The Bertz CT molecular complexity index is 954. The number of amides is 4. The van der Waals surface area contributed by atoms with Crippen molar-refractivity contribution in [2.75, 3.05) is 6.61 Å². The van der Waals surface area contributed by atoms with Crippen molar-refractivity contribution < 1.29 is 29.0 Å². The van der Waals surface area contributed by atoms with Gasteiger partial charge in [-0.25, -0.2) is 4.79 Å². The molecule has 34 heavy (non-hydrogen) atoms. The fourth-order valence-electron chi connectivity index (χ4n) is 3.63. The number of nitrogens with one attached hydrogen (secondary N) is 2. The third-order valence-corrected chi connectivity index (χ3v) is 5.97. The van der Waals surface area contributed by atoms with Crippen molar-refractivity contribution in [3.63, 3.8) is 0 Å². The largest absolute Gasteiger partial charge is 0.507 e. The Morgan fingerprint density at radius 2 is 1.62 bits per heavy atom. The number of aryl methyl sites for hydroxylation is 1. The highest BCUT2D eigenvalue weighted by molar-refractivity contribution is 6.07. The van der Waals surface area contributed by atoms with Gasteiger partial charge in [-0.1, -0.05) is 60.6 Å². The number of urea groups is 1. The van der Waals surface area contributed by atoms with Gasteiger partial charge in [-0.2, -0.15) is 5.01 Å². The zero-order valence-corrected chi connectivity index (χ0v) is 21.4. The number of carbonyl (C=O) groups is 4. The summed E-state index contributed by atoms with van der Waals surface area (Å²) in [6.45, 7) is 14.8. The molecule has 1 aliphatic rings. The van der Waals surface area contributed by atoms with E-state index in [1.54, 1.807) is 13.8 Å². The number of hydrazine groups is 1. The van der Waals surface area contributed by atoms with Crippen LogP contribution in [0.4, 0.5) is 4.79 Å². The molecule has 1 heterocycles. The first-order valence-electron chi connectivity index (χ1n) is 11.5. The van der Waals surface area contributed by atoms with Crippen molar-refractivity contribution in [3.05, 3.63) is 28.8 Å². The van der Waals surface area contributed by atoms with Crippen molar-refractivity contribution in [3.8, 4) is 5.75 Å². The minimum atomic E-state index is -1.08. The number of carbonyl (C=O) groups excluding carboxylic acids is 4. The molecular weight excluding hydrogens is 438 g/mol. The maximum Gasteiger partial charge on any atom is 0.344 e. The van der Waals surface area contributed by atoms with Gasteiger partial charge in [0.15, 0.2) is 6.61 Å². The molecule has 0 aliphatic carbocycles. The van der Waals surface area contributed by atoms with Crippen LogP contribution in [0.2, 0.25) is 0 Å². The van der Waals surface area contributed by atoms with E-state index < -0.39 is 36.0 Å². The smallest absolute Gasteiger partial charge is 0.344 e. The number of esters is 1.